The van der Waals surface area contributed by atoms with Gasteiger partial charge in [0, 0.05) is 23.5 Å². The van der Waals surface area contributed by atoms with Crippen molar-refractivity contribution in [2.24, 2.45) is 11.8 Å². The van der Waals surface area contributed by atoms with Crippen LogP contribution >= 0.6 is 0 Å². The van der Waals surface area contributed by atoms with Crippen molar-refractivity contribution in [2.75, 3.05) is 16.8 Å². The second-order valence-electron chi connectivity index (χ2n) is 6.94. The Balaban J connectivity index is 1.41. The van der Waals surface area contributed by atoms with E-state index < -0.39 is 0 Å². The molecular formula is C21H20N2O3. The van der Waals surface area contributed by atoms with Gasteiger partial charge in [-0.15, -0.1) is 0 Å². The number of para-hydroxylation sites is 1. The van der Waals surface area contributed by atoms with Crippen molar-refractivity contribution >= 4 is 29.0 Å². The molecule has 5 nitrogen and oxygen atoms in total. The zero-order valence-electron chi connectivity index (χ0n) is 14.6. The molecule has 1 aliphatic heterocycles. The summed E-state index contributed by atoms with van der Waals surface area (Å²) in [4.78, 5) is 38.5. The lowest BCUT2D eigenvalue weighted by atomic mass is 10.1. The van der Waals surface area contributed by atoms with E-state index in [0.29, 0.717) is 24.2 Å². The van der Waals surface area contributed by atoms with Gasteiger partial charge in [0.1, 0.15) is 0 Å². The van der Waals surface area contributed by atoms with Crippen molar-refractivity contribution in [2.45, 2.75) is 19.8 Å². The van der Waals surface area contributed by atoms with Crippen LogP contribution in [0.3, 0.4) is 0 Å². The zero-order valence-corrected chi connectivity index (χ0v) is 14.6. The minimum Gasteiger partial charge on any atom is -0.326 e. The van der Waals surface area contributed by atoms with Gasteiger partial charge in [-0.3, -0.25) is 14.4 Å². The molecule has 2 aromatic rings. The lowest BCUT2D eigenvalue weighted by Crippen LogP contribution is -2.31. The van der Waals surface area contributed by atoms with Crippen LogP contribution in [0.5, 0.6) is 0 Å². The number of amides is 2. The third-order valence-corrected chi connectivity index (χ3v) is 5.13. The highest BCUT2D eigenvalue weighted by Gasteiger charge is 2.50. The predicted molar refractivity (Wildman–Crippen MR) is 99.2 cm³/mol. The van der Waals surface area contributed by atoms with Crippen LogP contribution in [0.4, 0.5) is 11.4 Å². The molecule has 2 aliphatic rings. The third-order valence-electron chi connectivity index (χ3n) is 5.13. The van der Waals surface area contributed by atoms with Crippen LogP contribution in [0.2, 0.25) is 0 Å². The Morgan fingerprint density at radius 3 is 2.65 bits per heavy atom. The topological polar surface area (TPSA) is 66.5 Å². The van der Waals surface area contributed by atoms with E-state index in [4.69, 9.17) is 0 Å². The monoisotopic (exact) mass is 348 g/mol. The largest absolute Gasteiger partial charge is 0.326 e. The van der Waals surface area contributed by atoms with Gasteiger partial charge in [-0.05, 0) is 43.5 Å². The Hall–Kier alpha value is -2.95. The number of hydrogen-bond acceptors (Lipinski definition) is 3. The average Bonchev–Trinajstić information content (AvgIpc) is 3.33. The van der Waals surface area contributed by atoms with Gasteiger partial charge in [-0.25, -0.2) is 0 Å². The summed E-state index contributed by atoms with van der Waals surface area (Å²) in [5.74, 6) is -0.717. The molecular weight excluding hydrogens is 328 g/mol. The number of nitrogens with one attached hydrogen (secondary N) is 1. The van der Waals surface area contributed by atoms with Gasteiger partial charge in [-0.2, -0.15) is 0 Å². The molecule has 2 unspecified atom stereocenters. The molecule has 5 heteroatoms. The molecule has 1 saturated carbocycles. The molecule has 1 fully saturated rings. The Morgan fingerprint density at radius 2 is 1.85 bits per heavy atom. The maximum Gasteiger partial charge on any atom is 0.230 e. The summed E-state index contributed by atoms with van der Waals surface area (Å²) < 4.78 is 0. The Morgan fingerprint density at radius 1 is 1.04 bits per heavy atom. The number of Topliss-reactive ketones (excluding diaryl/α,β-unsaturated/α-hetero) is 1. The first-order valence-electron chi connectivity index (χ1n) is 8.86. The first-order chi connectivity index (χ1) is 12.5. The van der Waals surface area contributed by atoms with Crippen molar-refractivity contribution in [3.63, 3.8) is 0 Å². The Labute approximate surface area is 152 Å². The number of nitrogens with zero attached hydrogens (tertiary/aromatic N) is 1. The summed E-state index contributed by atoms with van der Waals surface area (Å²) >= 11 is 0. The number of rotatable bonds is 4. The summed E-state index contributed by atoms with van der Waals surface area (Å²) in [6.07, 6.45) is 1.44. The number of hydrogen-bond donors (Lipinski definition) is 1. The van der Waals surface area contributed by atoms with Crippen molar-refractivity contribution in [1.82, 2.24) is 0 Å². The number of anilines is 2. The normalized spacial score (nSPS) is 20.4. The molecule has 0 spiro atoms. The molecule has 1 aliphatic carbocycles. The van der Waals surface area contributed by atoms with Gasteiger partial charge < -0.3 is 10.2 Å². The third kappa shape index (κ3) is 3.01. The summed E-state index contributed by atoms with van der Waals surface area (Å²) in [6.45, 7) is 2.17. The van der Waals surface area contributed by atoms with Crippen LogP contribution < -0.4 is 10.2 Å². The fraction of sp³-hybridized carbons (Fsp3) is 0.286. The fourth-order valence-corrected chi connectivity index (χ4v) is 3.58. The molecule has 1 heterocycles. The smallest absolute Gasteiger partial charge is 0.230 e. The van der Waals surface area contributed by atoms with Crippen LogP contribution in [0.15, 0.2) is 48.5 Å². The highest BCUT2D eigenvalue weighted by atomic mass is 16.2. The summed E-state index contributed by atoms with van der Waals surface area (Å²) in [5.41, 5.74) is 3.30. The van der Waals surface area contributed by atoms with Gasteiger partial charge in [0.25, 0.3) is 0 Å². The standard InChI is InChI=1S/C21H20N2O3/c1-13(24)15-6-4-7-16(11-15)22-20(25)17-12-18(17)21(26)23-10-9-14-5-2-3-8-19(14)23/h2-8,11,17-18H,9-10,12H2,1H3,(H,22,25). The lowest BCUT2D eigenvalue weighted by molar-refractivity contribution is -0.123. The van der Waals surface area contributed by atoms with Crippen LogP contribution in [-0.2, 0) is 16.0 Å². The average molecular weight is 348 g/mol. The summed E-state index contributed by atoms with van der Waals surface area (Å²) in [5, 5.41) is 2.83. The van der Waals surface area contributed by atoms with Gasteiger partial charge in [0.15, 0.2) is 5.78 Å². The number of benzene rings is 2. The maximum absolute atomic E-state index is 12.8. The molecule has 0 aromatic heterocycles. The first-order valence-corrected chi connectivity index (χ1v) is 8.86. The summed E-state index contributed by atoms with van der Waals surface area (Å²) in [7, 11) is 0. The molecule has 0 bridgehead atoms. The number of ketones is 1. The van der Waals surface area contributed by atoms with Crippen LogP contribution in [0, 0.1) is 11.8 Å². The Kier molecular flexibility index (Phi) is 4.07. The number of carbonyl (C=O) groups is 3. The maximum atomic E-state index is 12.8. The van der Waals surface area contributed by atoms with E-state index in [1.807, 2.05) is 29.2 Å². The highest BCUT2D eigenvalue weighted by molar-refractivity contribution is 6.05. The first kappa shape index (κ1) is 16.5. The molecule has 132 valence electrons. The van der Waals surface area contributed by atoms with E-state index in [9.17, 15) is 14.4 Å². The highest BCUT2D eigenvalue weighted by Crippen LogP contribution is 2.43. The molecule has 0 saturated heterocycles. The van der Waals surface area contributed by atoms with E-state index in [1.54, 1.807) is 24.3 Å². The quantitative estimate of drug-likeness (QED) is 0.864. The second kappa shape index (κ2) is 6.41. The molecule has 4 rings (SSSR count). The molecule has 26 heavy (non-hydrogen) atoms. The molecule has 2 atom stereocenters. The fourth-order valence-electron chi connectivity index (χ4n) is 3.58. The number of fused-ring (bicyclic) bond motifs is 1. The SMILES string of the molecule is CC(=O)c1cccc(NC(=O)C2CC2C(=O)N2CCc3ccccc32)c1. The zero-order chi connectivity index (χ0) is 18.3. The lowest BCUT2D eigenvalue weighted by Gasteiger charge is -2.17. The second-order valence-corrected chi connectivity index (χ2v) is 6.94. The summed E-state index contributed by atoms with van der Waals surface area (Å²) in [6, 6.07) is 14.8. The van der Waals surface area contributed by atoms with E-state index in [-0.39, 0.29) is 29.4 Å². The minimum atomic E-state index is -0.295. The van der Waals surface area contributed by atoms with Gasteiger partial charge in [0.05, 0.1) is 11.8 Å². The van der Waals surface area contributed by atoms with Gasteiger partial charge in [-0.1, -0.05) is 30.3 Å². The molecule has 2 amide bonds. The van der Waals surface area contributed by atoms with Crippen molar-refractivity contribution in [3.05, 3.63) is 59.7 Å². The van der Waals surface area contributed by atoms with E-state index in [1.165, 1.54) is 12.5 Å². The van der Waals surface area contributed by atoms with Gasteiger partial charge >= 0.3 is 0 Å². The van der Waals surface area contributed by atoms with Crippen LogP contribution in [0.25, 0.3) is 0 Å². The van der Waals surface area contributed by atoms with E-state index in [0.717, 1.165) is 12.1 Å². The molecule has 1 N–H and O–H groups in total. The molecule has 2 aromatic carbocycles. The molecule has 0 radical (unpaired) electrons. The van der Waals surface area contributed by atoms with Crippen LogP contribution in [-0.4, -0.2) is 24.1 Å². The van der Waals surface area contributed by atoms with Gasteiger partial charge in [0.2, 0.25) is 11.8 Å². The van der Waals surface area contributed by atoms with Crippen molar-refractivity contribution in [1.29, 1.82) is 0 Å². The van der Waals surface area contributed by atoms with Crippen LogP contribution in [0.1, 0.15) is 29.3 Å². The Bertz CT molecular complexity index is 906. The van der Waals surface area contributed by atoms with Crippen molar-refractivity contribution < 1.29 is 14.4 Å². The minimum absolute atomic E-state index is 0.0348. The predicted octanol–water partition coefficient (Wildman–Crippen LogP) is 3.05. The van der Waals surface area contributed by atoms with Crippen molar-refractivity contribution in [3.8, 4) is 0 Å². The number of carbonyl (C=O) groups excluding carboxylic acids is 3. The van der Waals surface area contributed by atoms with E-state index >= 15 is 0 Å². The van der Waals surface area contributed by atoms with E-state index in [2.05, 4.69) is 5.32 Å².